The second kappa shape index (κ2) is 5.15. The summed E-state index contributed by atoms with van der Waals surface area (Å²) in [4.78, 5) is 13.8. The molecule has 0 unspecified atom stereocenters. The number of fused-ring (bicyclic) bond motifs is 1. The van der Waals surface area contributed by atoms with Crippen molar-refractivity contribution >= 4 is 6.09 Å². The van der Waals surface area contributed by atoms with E-state index in [4.69, 9.17) is 4.74 Å². The maximum Gasteiger partial charge on any atom is 0.410 e. The number of ether oxygens (including phenoxy) is 1. The number of aryl methyl sites for hydroxylation is 1. The molecule has 2 aromatic rings. The van der Waals surface area contributed by atoms with Crippen LogP contribution in [0.4, 0.5) is 4.79 Å². The highest BCUT2D eigenvalue weighted by Gasteiger charge is 2.28. The van der Waals surface area contributed by atoms with Crippen LogP contribution in [-0.2, 0) is 24.9 Å². The molecule has 0 spiro atoms. The Kier molecular flexibility index (Phi) is 3.42. The maximum absolute atomic E-state index is 12.2. The van der Waals surface area contributed by atoms with Gasteiger partial charge in [-0.2, -0.15) is 0 Å². The van der Waals surface area contributed by atoms with Crippen molar-refractivity contribution in [3.8, 4) is 11.5 Å². The van der Waals surface area contributed by atoms with Crippen LogP contribution in [0.2, 0.25) is 0 Å². The van der Waals surface area contributed by atoms with E-state index in [1.807, 2.05) is 50.7 Å². The van der Waals surface area contributed by atoms with E-state index in [1.165, 1.54) is 0 Å². The van der Waals surface area contributed by atoms with Crippen molar-refractivity contribution in [3.05, 3.63) is 24.2 Å². The van der Waals surface area contributed by atoms with E-state index in [9.17, 15) is 4.79 Å². The van der Waals surface area contributed by atoms with Crippen molar-refractivity contribution in [1.29, 1.82) is 0 Å². The highest BCUT2D eigenvalue weighted by molar-refractivity contribution is 5.68. The van der Waals surface area contributed by atoms with Crippen molar-refractivity contribution < 1.29 is 9.53 Å². The molecule has 0 saturated carbocycles. The van der Waals surface area contributed by atoms with E-state index in [0.717, 1.165) is 17.3 Å². The standard InChI is InChI=1S/C15H21N5O2/c1-15(2,3)22-14(21)19-8-9-20-12(10-19)16-17-13(20)11-6-5-7-18(11)4/h5-7H,8-10H2,1-4H3. The molecule has 2 aromatic heterocycles. The Labute approximate surface area is 129 Å². The molecule has 0 atom stereocenters. The van der Waals surface area contributed by atoms with Gasteiger partial charge in [-0.05, 0) is 32.9 Å². The molecular weight excluding hydrogens is 282 g/mol. The van der Waals surface area contributed by atoms with Gasteiger partial charge in [0.15, 0.2) is 11.6 Å². The van der Waals surface area contributed by atoms with Crippen LogP contribution in [0.25, 0.3) is 11.5 Å². The summed E-state index contributed by atoms with van der Waals surface area (Å²) >= 11 is 0. The average Bonchev–Trinajstić information content (AvgIpc) is 3.01. The Bertz CT molecular complexity index is 695. The molecule has 118 valence electrons. The molecule has 22 heavy (non-hydrogen) atoms. The molecule has 3 rings (SSSR count). The minimum absolute atomic E-state index is 0.304. The van der Waals surface area contributed by atoms with Gasteiger partial charge in [0.1, 0.15) is 5.60 Å². The van der Waals surface area contributed by atoms with E-state index in [1.54, 1.807) is 4.90 Å². The molecule has 3 heterocycles. The van der Waals surface area contributed by atoms with Gasteiger partial charge in [0.05, 0.1) is 12.2 Å². The lowest BCUT2D eigenvalue weighted by molar-refractivity contribution is 0.0196. The van der Waals surface area contributed by atoms with Gasteiger partial charge in [0, 0.05) is 26.3 Å². The largest absolute Gasteiger partial charge is 0.444 e. The first kappa shape index (κ1) is 14.6. The Balaban J connectivity index is 1.80. The second-order valence-electron chi connectivity index (χ2n) is 6.50. The predicted molar refractivity (Wildman–Crippen MR) is 81.1 cm³/mol. The molecule has 7 nitrogen and oxygen atoms in total. The number of nitrogens with zero attached hydrogens (tertiary/aromatic N) is 5. The third kappa shape index (κ3) is 2.70. The highest BCUT2D eigenvalue weighted by atomic mass is 16.6. The van der Waals surface area contributed by atoms with Crippen molar-refractivity contribution in [1.82, 2.24) is 24.2 Å². The number of rotatable bonds is 1. The molecule has 0 saturated heterocycles. The zero-order valence-corrected chi connectivity index (χ0v) is 13.4. The minimum atomic E-state index is -0.490. The Morgan fingerprint density at radius 3 is 2.68 bits per heavy atom. The summed E-state index contributed by atoms with van der Waals surface area (Å²) < 4.78 is 9.49. The minimum Gasteiger partial charge on any atom is -0.444 e. The number of carbonyl (C=O) groups is 1. The third-order valence-electron chi connectivity index (χ3n) is 3.58. The van der Waals surface area contributed by atoms with Gasteiger partial charge in [-0.1, -0.05) is 0 Å². The fraction of sp³-hybridized carbons (Fsp3) is 0.533. The van der Waals surface area contributed by atoms with E-state index < -0.39 is 5.60 Å². The molecule has 0 N–H and O–H groups in total. The van der Waals surface area contributed by atoms with E-state index in [2.05, 4.69) is 14.8 Å². The quantitative estimate of drug-likeness (QED) is 0.808. The smallest absolute Gasteiger partial charge is 0.410 e. The van der Waals surface area contributed by atoms with Crippen molar-refractivity contribution in [3.63, 3.8) is 0 Å². The van der Waals surface area contributed by atoms with Crippen molar-refractivity contribution in [2.75, 3.05) is 6.54 Å². The lowest BCUT2D eigenvalue weighted by atomic mass is 10.2. The van der Waals surface area contributed by atoms with Gasteiger partial charge < -0.3 is 13.9 Å². The molecule has 0 aliphatic carbocycles. The fourth-order valence-electron chi connectivity index (χ4n) is 2.52. The summed E-state index contributed by atoms with van der Waals surface area (Å²) in [6.07, 6.45) is 1.68. The lowest BCUT2D eigenvalue weighted by Gasteiger charge is -2.30. The van der Waals surface area contributed by atoms with Crippen molar-refractivity contribution in [2.24, 2.45) is 7.05 Å². The SMILES string of the molecule is Cn1cccc1-c1nnc2n1CCN(C(=O)OC(C)(C)C)C2. The van der Waals surface area contributed by atoms with Crippen LogP contribution in [0.15, 0.2) is 18.3 Å². The average molecular weight is 303 g/mol. The normalized spacial score (nSPS) is 14.8. The van der Waals surface area contributed by atoms with Gasteiger partial charge in [0.2, 0.25) is 0 Å². The van der Waals surface area contributed by atoms with Crippen LogP contribution in [0.5, 0.6) is 0 Å². The van der Waals surface area contributed by atoms with Gasteiger partial charge in [0.25, 0.3) is 0 Å². The molecule has 1 aliphatic rings. The van der Waals surface area contributed by atoms with Crippen LogP contribution in [0.3, 0.4) is 0 Å². The van der Waals surface area contributed by atoms with Crippen LogP contribution < -0.4 is 0 Å². The third-order valence-corrected chi connectivity index (χ3v) is 3.58. The van der Waals surface area contributed by atoms with Gasteiger partial charge in [-0.15, -0.1) is 10.2 Å². The first-order valence-electron chi connectivity index (χ1n) is 7.37. The Hall–Kier alpha value is -2.31. The lowest BCUT2D eigenvalue weighted by Crippen LogP contribution is -2.41. The van der Waals surface area contributed by atoms with Gasteiger partial charge >= 0.3 is 6.09 Å². The van der Waals surface area contributed by atoms with Crippen LogP contribution in [0.1, 0.15) is 26.6 Å². The number of hydrogen-bond acceptors (Lipinski definition) is 4. The summed E-state index contributed by atoms with van der Waals surface area (Å²) in [7, 11) is 1.98. The Morgan fingerprint density at radius 1 is 1.27 bits per heavy atom. The highest BCUT2D eigenvalue weighted by Crippen LogP contribution is 2.22. The number of aromatic nitrogens is 4. The first-order valence-corrected chi connectivity index (χ1v) is 7.37. The number of carbonyl (C=O) groups excluding carboxylic acids is 1. The van der Waals surface area contributed by atoms with E-state index >= 15 is 0 Å². The van der Waals surface area contributed by atoms with Crippen LogP contribution >= 0.6 is 0 Å². The maximum atomic E-state index is 12.2. The van der Waals surface area contributed by atoms with E-state index in [0.29, 0.717) is 19.6 Å². The zero-order valence-electron chi connectivity index (χ0n) is 13.4. The topological polar surface area (TPSA) is 65.2 Å². The summed E-state index contributed by atoms with van der Waals surface area (Å²) in [5.41, 5.74) is 0.528. The molecule has 1 amide bonds. The molecule has 0 aromatic carbocycles. The predicted octanol–water partition coefficient (Wildman–Crippen LogP) is 2.03. The molecule has 7 heteroatoms. The molecule has 1 aliphatic heterocycles. The monoisotopic (exact) mass is 303 g/mol. The van der Waals surface area contributed by atoms with Crippen molar-refractivity contribution in [2.45, 2.75) is 39.5 Å². The summed E-state index contributed by atoms with van der Waals surface area (Å²) in [6.45, 7) is 7.28. The molecule has 0 fully saturated rings. The van der Waals surface area contributed by atoms with Crippen LogP contribution in [0, 0.1) is 0 Å². The molecule has 0 bridgehead atoms. The van der Waals surface area contributed by atoms with Gasteiger partial charge in [-0.25, -0.2) is 4.79 Å². The zero-order chi connectivity index (χ0) is 15.9. The molecular formula is C15H21N5O2. The summed E-state index contributed by atoms with van der Waals surface area (Å²) in [5, 5.41) is 8.52. The van der Waals surface area contributed by atoms with Gasteiger partial charge in [-0.3, -0.25) is 4.90 Å². The van der Waals surface area contributed by atoms with Crippen LogP contribution in [-0.4, -0.2) is 42.5 Å². The number of amides is 1. The van der Waals surface area contributed by atoms with E-state index in [-0.39, 0.29) is 6.09 Å². The summed E-state index contributed by atoms with van der Waals surface area (Å²) in [5.74, 6) is 1.62. The second-order valence-corrected chi connectivity index (χ2v) is 6.50. The Morgan fingerprint density at radius 2 is 2.05 bits per heavy atom. The summed E-state index contributed by atoms with van der Waals surface area (Å²) in [6, 6.07) is 3.99. The number of hydrogen-bond donors (Lipinski definition) is 0. The first-order chi connectivity index (χ1) is 10.3. The fourth-order valence-corrected chi connectivity index (χ4v) is 2.52. The molecule has 0 radical (unpaired) electrons.